The van der Waals surface area contributed by atoms with E-state index in [0.717, 1.165) is 43.5 Å². The first-order chi connectivity index (χ1) is 9.23. The molecule has 2 rings (SSSR count). The van der Waals surface area contributed by atoms with Gasteiger partial charge >= 0.3 is 0 Å². The number of carbonyl (C=O) groups is 1. The zero-order chi connectivity index (χ0) is 13.7. The topological polar surface area (TPSA) is 38.3 Å². The maximum absolute atomic E-state index is 12.5. The molecule has 0 saturated heterocycles. The molecule has 0 aromatic heterocycles. The molecule has 104 valence electrons. The number of hydrogen-bond donors (Lipinski definition) is 1. The third-order valence-electron chi connectivity index (χ3n) is 3.92. The van der Waals surface area contributed by atoms with E-state index in [0.29, 0.717) is 12.2 Å². The molecule has 1 aliphatic rings. The van der Waals surface area contributed by atoms with Gasteiger partial charge in [-0.05, 0) is 43.5 Å². The molecule has 0 spiro atoms. The summed E-state index contributed by atoms with van der Waals surface area (Å²) in [5.74, 6) is 1.13. The molecule has 1 saturated carbocycles. The predicted molar refractivity (Wildman–Crippen MR) is 76.4 cm³/mol. The molecular formula is C16H23NO2. The third kappa shape index (κ3) is 2.81. The van der Waals surface area contributed by atoms with Crippen molar-refractivity contribution in [2.45, 2.75) is 44.6 Å². The van der Waals surface area contributed by atoms with E-state index in [-0.39, 0.29) is 0 Å². The maximum Gasteiger partial charge on any atom is 0.157 e. The molecule has 3 heteroatoms. The molecule has 19 heavy (non-hydrogen) atoms. The second-order valence-corrected chi connectivity index (χ2v) is 5.19. The van der Waals surface area contributed by atoms with Crippen LogP contribution in [0.3, 0.4) is 0 Å². The summed E-state index contributed by atoms with van der Waals surface area (Å²) in [4.78, 5) is 12.5. The Morgan fingerprint density at radius 1 is 1.37 bits per heavy atom. The van der Waals surface area contributed by atoms with Crippen molar-refractivity contribution in [1.29, 1.82) is 0 Å². The van der Waals surface area contributed by atoms with E-state index in [1.165, 1.54) is 0 Å². The molecule has 1 fully saturated rings. The maximum atomic E-state index is 12.5. The fraction of sp³-hybridized carbons (Fsp3) is 0.562. The molecule has 1 atom stereocenters. The number of benzene rings is 1. The minimum absolute atomic E-state index is 0.320. The molecule has 1 aromatic rings. The molecule has 0 heterocycles. The Balaban J connectivity index is 2.37. The highest BCUT2D eigenvalue weighted by molar-refractivity contribution is 5.90. The number of carbonyl (C=O) groups excluding carboxylic acids is 1. The largest absolute Gasteiger partial charge is 0.497 e. The smallest absolute Gasteiger partial charge is 0.157 e. The fourth-order valence-corrected chi connectivity index (χ4v) is 2.85. The van der Waals surface area contributed by atoms with Crippen molar-refractivity contribution < 1.29 is 9.53 Å². The second-order valence-electron chi connectivity index (χ2n) is 5.19. The number of ketones is 1. The van der Waals surface area contributed by atoms with E-state index in [1.54, 1.807) is 7.11 Å². The summed E-state index contributed by atoms with van der Waals surface area (Å²) >= 11 is 0. The Morgan fingerprint density at radius 2 is 2.21 bits per heavy atom. The minimum atomic E-state index is -0.497. The molecule has 1 aliphatic carbocycles. The van der Waals surface area contributed by atoms with Gasteiger partial charge in [0.05, 0.1) is 7.11 Å². The van der Waals surface area contributed by atoms with Gasteiger partial charge in [-0.2, -0.15) is 0 Å². The van der Waals surface area contributed by atoms with Gasteiger partial charge < -0.3 is 10.1 Å². The van der Waals surface area contributed by atoms with E-state index in [4.69, 9.17) is 4.74 Å². The highest BCUT2D eigenvalue weighted by atomic mass is 16.5. The molecule has 3 nitrogen and oxygen atoms in total. The third-order valence-corrected chi connectivity index (χ3v) is 3.92. The van der Waals surface area contributed by atoms with Crippen LogP contribution in [0, 0.1) is 0 Å². The van der Waals surface area contributed by atoms with Gasteiger partial charge in [0.15, 0.2) is 5.78 Å². The predicted octanol–water partition coefficient (Wildman–Crippen LogP) is 3.03. The standard InChI is InChI=1S/C16H23NO2/c1-3-11-17-16(10-5-4-9-15(16)18)13-7-6-8-14(12-13)19-2/h6-8,12,17H,3-5,9-11H2,1-2H3/t16-/m0/s1. The highest BCUT2D eigenvalue weighted by Crippen LogP contribution is 2.35. The zero-order valence-electron chi connectivity index (χ0n) is 11.9. The van der Waals surface area contributed by atoms with Crippen molar-refractivity contribution in [3.63, 3.8) is 0 Å². The Bertz CT molecular complexity index is 444. The molecule has 0 radical (unpaired) electrons. The monoisotopic (exact) mass is 261 g/mol. The van der Waals surface area contributed by atoms with Crippen LogP contribution in [0.2, 0.25) is 0 Å². The zero-order valence-corrected chi connectivity index (χ0v) is 11.9. The number of methoxy groups -OCH3 is 1. The lowest BCUT2D eigenvalue weighted by Gasteiger charge is -2.37. The van der Waals surface area contributed by atoms with Crippen LogP contribution in [0.5, 0.6) is 5.75 Å². The van der Waals surface area contributed by atoms with E-state index < -0.39 is 5.54 Å². The van der Waals surface area contributed by atoms with E-state index in [1.807, 2.05) is 24.3 Å². The van der Waals surface area contributed by atoms with Gasteiger partial charge in [0.2, 0.25) is 0 Å². The highest BCUT2D eigenvalue weighted by Gasteiger charge is 2.40. The van der Waals surface area contributed by atoms with Crippen molar-refractivity contribution in [1.82, 2.24) is 5.32 Å². The summed E-state index contributed by atoms with van der Waals surface area (Å²) in [5.41, 5.74) is 0.549. The number of Topliss-reactive ketones (excluding diaryl/α,β-unsaturated/α-hetero) is 1. The van der Waals surface area contributed by atoms with E-state index in [9.17, 15) is 4.79 Å². The molecule has 0 bridgehead atoms. The average Bonchev–Trinajstić information content (AvgIpc) is 2.47. The van der Waals surface area contributed by atoms with Gasteiger partial charge in [-0.1, -0.05) is 25.5 Å². The summed E-state index contributed by atoms with van der Waals surface area (Å²) in [5, 5.41) is 3.50. The quantitative estimate of drug-likeness (QED) is 0.885. The van der Waals surface area contributed by atoms with Crippen LogP contribution in [0.25, 0.3) is 0 Å². The van der Waals surface area contributed by atoms with E-state index in [2.05, 4.69) is 12.2 Å². The Hall–Kier alpha value is -1.35. The Morgan fingerprint density at radius 3 is 2.89 bits per heavy atom. The van der Waals surface area contributed by atoms with Crippen LogP contribution in [0.1, 0.15) is 44.6 Å². The lowest BCUT2D eigenvalue weighted by molar-refractivity contribution is -0.128. The van der Waals surface area contributed by atoms with Gasteiger partial charge in [0, 0.05) is 6.42 Å². The van der Waals surface area contributed by atoms with Crippen LogP contribution < -0.4 is 10.1 Å². The van der Waals surface area contributed by atoms with Gasteiger partial charge in [-0.25, -0.2) is 0 Å². The molecule has 1 aromatic carbocycles. The van der Waals surface area contributed by atoms with Gasteiger partial charge in [0.25, 0.3) is 0 Å². The van der Waals surface area contributed by atoms with Crippen LogP contribution in [-0.4, -0.2) is 19.4 Å². The van der Waals surface area contributed by atoms with Crippen LogP contribution in [-0.2, 0) is 10.3 Å². The first kappa shape index (κ1) is 14.1. The number of ether oxygens (including phenoxy) is 1. The SMILES string of the molecule is CCCN[C@]1(c2cccc(OC)c2)CCCCC1=O. The van der Waals surface area contributed by atoms with Crippen LogP contribution in [0.4, 0.5) is 0 Å². The molecular weight excluding hydrogens is 238 g/mol. The second kappa shape index (κ2) is 6.20. The van der Waals surface area contributed by atoms with Gasteiger partial charge in [0.1, 0.15) is 11.3 Å². The van der Waals surface area contributed by atoms with Gasteiger partial charge in [-0.15, -0.1) is 0 Å². The summed E-state index contributed by atoms with van der Waals surface area (Å²) in [6.45, 7) is 2.99. The minimum Gasteiger partial charge on any atom is -0.497 e. The summed E-state index contributed by atoms with van der Waals surface area (Å²) in [7, 11) is 1.66. The molecule has 0 amide bonds. The first-order valence-electron chi connectivity index (χ1n) is 7.16. The molecule has 0 unspecified atom stereocenters. The van der Waals surface area contributed by atoms with Gasteiger partial charge in [-0.3, -0.25) is 4.79 Å². The first-order valence-corrected chi connectivity index (χ1v) is 7.16. The van der Waals surface area contributed by atoms with Crippen LogP contribution in [0.15, 0.2) is 24.3 Å². The summed E-state index contributed by atoms with van der Waals surface area (Å²) in [6.07, 6.45) is 4.70. The lowest BCUT2D eigenvalue weighted by Crippen LogP contribution is -2.51. The van der Waals surface area contributed by atoms with Crippen molar-refractivity contribution >= 4 is 5.78 Å². The van der Waals surface area contributed by atoms with Crippen molar-refractivity contribution in [3.05, 3.63) is 29.8 Å². The lowest BCUT2D eigenvalue weighted by atomic mass is 9.75. The Labute approximate surface area is 115 Å². The molecule has 0 aliphatic heterocycles. The number of rotatable bonds is 5. The summed E-state index contributed by atoms with van der Waals surface area (Å²) < 4.78 is 5.29. The summed E-state index contributed by atoms with van der Waals surface area (Å²) in [6, 6.07) is 7.91. The van der Waals surface area contributed by atoms with Crippen molar-refractivity contribution in [2.24, 2.45) is 0 Å². The van der Waals surface area contributed by atoms with Crippen LogP contribution >= 0.6 is 0 Å². The normalized spacial score (nSPS) is 23.4. The Kier molecular flexibility index (Phi) is 4.59. The number of hydrogen-bond acceptors (Lipinski definition) is 3. The molecule has 1 N–H and O–H groups in total. The number of nitrogens with one attached hydrogen (secondary N) is 1. The van der Waals surface area contributed by atoms with E-state index >= 15 is 0 Å². The average molecular weight is 261 g/mol. The van der Waals surface area contributed by atoms with Crippen molar-refractivity contribution in [2.75, 3.05) is 13.7 Å². The van der Waals surface area contributed by atoms with Crippen molar-refractivity contribution in [3.8, 4) is 5.75 Å². The fourth-order valence-electron chi connectivity index (χ4n) is 2.85.